The zero-order valence-corrected chi connectivity index (χ0v) is 19.8. The third-order valence-corrected chi connectivity index (χ3v) is 7.44. The fourth-order valence-electron chi connectivity index (χ4n) is 3.17. The Kier molecular flexibility index (Phi) is 7.40. The molecule has 3 rings (SSSR count). The summed E-state index contributed by atoms with van der Waals surface area (Å²) in [6.45, 7) is 6.92. The van der Waals surface area contributed by atoms with E-state index in [0.717, 1.165) is 29.2 Å². The maximum atomic E-state index is 12.6. The van der Waals surface area contributed by atoms with E-state index in [-0.39, 0.29) is 16.6 Å². The number of carbonyl (C=O) groups is 1. The largest absolute Gasteiger partial charge is 0.325 e. The van der Waals surface area contributed by atoms with Crippen molar-refractivity contribution < 1.29 is 13.2 Å². The molecule has 31 heavy (non-hydrogen) atoms. The van der Waals surface area contributed by atoms with Gasteiger partial charge in [-0.15, -0.1) is 0 Å². The number of aryl methyl sites for hydroxylation is 2. The molecule has 0 fully saturated rings. The van der Waals surface area contributed by atoms with Crippen LogP contribution in [0.5, 0.6) is 0 Å². The summed E-state index contributed by atoms with van der Waals surface area (Å²) in [5, 5.41) is 3.60. The first-order valence-corrected chi connectivity index (χ1v) is 12.6. The minimum absolute atomic E-state index is 0.149. The third-order valence-electron chi connectivity index (χ3n) is 4.91. The van der Waals surface area contributed by atoms with Crippen molar-refractivity contribution in [2.45, 2.75) is 43.8 Å². The standard InChI is InChI=1S/C22H28N4O3S2/c1-15(2)11-12-26-19-8-6-5-7-18(19)25-22(26)30-14-21(27)24-17-10-9-16(3)20(13-17)31(28,29)23-4/h5-10,13,15,23H,11-12,14H2,1-4H3,(H,24,27). The summed E-state index contributed by atoms with van der Waals surface area (Å²) in [6, 6.07) is 12.8. The van der Waals surface area contributed by atoms with Gasteiger partial charge in [0.15, 0.2) is 5.16 Å². The number of anilines is 1. The summed E-state index contributed by atoms with van der Waals surface area (Å²) in [7, 11) is -2.23. The van der Waals surface area contributed by atoms with Crippen molar-refractivity contribution in [2.24, 2.45) is 5.92 Å². The topological polar surface area (TPSA) is 93.1 Å². The van der Waals surface area contributed by atoms with Crippen molar-refractivity contribution in [2.75, 3.05) is 18.1 Å². The molecule has 0 unspecified atom stereocenters. The summed E-state index contributed by atoms with van der Waals surface area (Å²) in [5.41, 5.74) is 3.03. The first-order valence-electron chi connectivity index (χ1n) is 10.1. The van der Waals surface area contributed by atoms with Crippen LogP contribution in [-0.2, 0) is 21.4 Å². The van der Waals surface area contributed by atoms with Crippen LogP contribution in [0.3, 0.4) is 0 Å². The Morgan fingerprint density at radius 3 is 2.65 bits per heavy atom. The molecule has 0 aliphatic rings. The van der Waals surface area contributed by atoms with Crippen molar-refractivity contribution in [1.82, 2.24) is 14.3 Å². The zero-order valence-electron chi connectivity index (χ0n) is 18.2. The molecule has 9 heteroatoms. The number of rotatable bonds is 9. The molecule has 0 saturated carbocycles. The second-order valence-corrected chi connectivity index (χ2v) is 10.5. The number of imidazole rings is 1. The van der Waals surface area contributed by atoms with E-state index >= 15 is 0 Å². The molecule has 0 aliphatic carbocycles. The molecule has 1 aromatic heterocycles. The van der Waals surface area contributed by atoms with Crippen LogP contribution in [0.2, 0.25) is 0 Å². The number of benzene rings is 2. The van der Waals surface area contributed by atoms with Crippen LogP contribution < -0.4 is 10.0 Å². The normalized spacial score (nSPS) is 11.9. The quantitative estimate of drug-likeness (QED) is 0.470. The number of sulfonamides is 1. The molecule has 1 heterocycles. The van der Waals surface area contributed by atoms with E-state index in [1.165, 1.54) is 24.9 Å². The highest BCUT2D eigenvalue weighted by atomic mass is 32.2. The summed E-state index contributed by atoms with van der Waals surface area (Å²) in [6.07, 6.45) is 1.02. The maximum absolute atomic E-state index is 12.6. The average molecular weight is 461 g/mol. The maximum Gasteiger partial charge on any atom is 0.240 e. The van der Waals surface area contributed by atoms with Gasteiger partial charge in [-0.1, -0.05) is 43.8 Å². The van der Waals surface area contributed by atoms with Crippen molar-refractivity contribution >= 4 is 44.4 Å². The molecule has 0 saturated heterocycles. The number of thioether (sulfide) groups is 1. The fourth-order valence-corrected chi connectivity index (χ4v) is 5.01. The molecule has 0 spiro atoms. The average Bonchev–Trinajstić information content (AvgIpc) is 3.09. The highest BCUT2D eigenvalue weighted by Crippen LogP contribution is 2.26. The molecule has 7 nitrogen and oxygen atoms in total. The van der Waals surface area contributed by atoms with Crippen molar-refractivity contribution in [3.63, 3.8) is 0 Å². The molecule has 0 radical (unpaired) electrons. The molecule has 166 valence electrons. The molecule has 2 aromatic carbocycles. The van der Waals surface area contributed by atoms with Crippen LogP contribution in [0.15, 0.2) is 52.5 Å². The van der Waals surface area contributed by atoms with E-state index < -0.39 is 10.0 Å². The Bertz CT molecular complexity index is 1190. The van der Waals surface area contributed by atoms with Gasteiger partial charge >= 0.3 is 0 Å². The number of aromatic nitrogens is 2. The summed E-state index contributed by atoms with van der Waals surface area (Å²) < 4.78 is 28.8. The molecule has 0 atom stereocenters. The SMILES string of the molecule is CNS(=O)(=O)c1cc(NC(=O)CSc2nc3ccccc3n2CCC(C)C)ccc1C. The molecule has 0 bridgehead atoms. The summed E-state index contributed by atoms with van der Waals surface area (Å²) in [4.78, 5) is 17.4. The third kappa shape index (κ3) is 5.66. The Morgan fingerprint density at radius 1 is 1.19 bits per heavy atom. The Morgan fingerprint density at radius 2 is 1.94 bits per heavy atom. The Balaban J connectivity index is 1.74. The fraction of sp³-hybridized carbons (Fsp3) is 0.364. The first-order chi connectivity index (χ1) is 14.7. The van der Waals surface area contributed by atoms with Crippen LogP contribution in [0.25, 0.3) is 11.0 Å². The molecule has 0 aliphatic heterocycles. The van der Waals surface area contributed by atoms with Gasteiger partial charge in [-0.3, -0.25) is 4.79 Å². The van der Waals surface area contributed by atoms with Crippen LogP contribution in [0.1, 0.15) is 25.8 Å². The molecule has 2 N–H and O–H groups in total. The Hall–Kier alpha value is -2.36. The lowest BCUT2D eigenvalue weighted by Crippen LogP contribution is -2.20. The lowest BCUT2D eigenvalue weighted by molar-refractivity contribution is -0.113. The van der Waals surface area contributed by atoms with E-state index in [4.69, 9.17) is 4.98 Å². The van der Waals surface area contributed by atoms with Gasteiger partial charge in [0.1, 0.15) is 0 Å². The van der Waals surface area contributed by atoms with E-state index in [9.17, 15) is 13.2 Å². The number of amides is 1. The van der Waals surface area contributed by atoms with E-state index in [1.807, 2.05) is 24.3 Å². The molecule has 1 amide bonds. The minimum Gasteiger partial charge on any atom is -0.325 e. The number of hydrogen-bond acceptors (Lipinski definition) is 5. The number of nitrogens with one attached hydrogen (secondary N) is 2. The first kappa shape index (κ1) is 23.3. The monoisotopic (exact) mass is 460 g/mol. The van der Waals surface area contributed by atoms with Gasteiger partial charge in [-0.05, 0) is 56.1 Å². The van der Waals surface area contributed by atoms with E-state index in [2.05, 4.69) is 28.5 Å². The lowest BCUT2D eigenvalue weighted by atomic mass is 10.1. The lowest BCUT2D eigenvalue weighted by Gasteiger charge is -2.12. The predicted octanol–water partition coefficient (Wildman–Crippen LogP) is 4.03. The van der Waals surface area contributed by atoms with Gasteiger partial charge in [0.05, 0.1) is 21.7 Å². The highest BCUT2D eigenvalue weighted by molar-refractivity contribution is 7.99. The number of para-hydroxylation sites is 2. The zero-order chi connectivity index (χ0) is 22.6. The van der Waals surface area contributed by atoms with Crippen LogP contribution in [-0.4, -0.2) is 36.7 Å². The van der Waals surface area contributed by atoms with Crippen LogP contribution in [0, 0.1) is 12.8 Å². The smallest absolute Gasteiger partial charge is 0.240 e. The van der Waals surface area contributed by atoms with E-state index in [1.54, 1.807) is 19.1 Å². The van der Waals surface area contributed by atoms with Gasteiger partial charge in [-0.25, -0.2) is 18.1 Å². The van der Waals surface area contributed by atoms with Gasteiger partial charge in [-0.2, -0.15) is 0 Å². The molecular weight excluding hydrogens is 432 g/mol. The number of nitrogens with zero attached hydrogens (tertiary/aromatic N) is 2. The Labute approximate surface area is 187 Å². The number of hydrogen-bond donors (Lipinski definition) is 2. The van der Waals surface area contributed by atoms with E-state index in [0.29, 0.717) is 17.2 Å². The van der Waals surface area contributed by atoms with Crippen LogP contribution >= 0.6 is 11.8 Å². The number of carbonyl (C=O) groups excluding carboxylic acids is 1. The van der Waals surface area contributed by atoms with Gasteiger partial charge in [0.2, 0.25) is 15.9 Å². The van der Waals surface area contributed by atoms with Gasteiger partial charge in [0, 0.05) is 12.2 Å². The van der Waals surface area contributed by atoms with Gasteiger partial charge in [0.25, 0.3) is 0 Å². The van der Waals surface area contributed by atoms with Crippen LogP contribution in [0.4, 0.5) is 5.69 Å². The van der Waals surface area contributed by atoms with Gasteiger partial charge < -0.3 is 9.88 Å². The summed E-state index contributed by atoms with van der Waals surface area (Å²) in [5.74, 6) is 0.517. The highest BCUT2D eigenvalue weighted by Gasteiger charge is 2.17. The predicted molar refractivity (Wildman–Crippen MR) is 126 cm³/mol. The molecular formula is C22H28N4O3S2. The molecule has 3 aromatic rings. The van der Waals surface area contributed by atoms with Crippen molar-refractivity contribution in [3.05, 3.63) is 48.0 Å². The second-order valence-electron chi connectivity index (χ2n) is 7.74. The van der Waals surface area contributed by atoms with Crippen molar-refractivity contribution in [1.29, 1.82) is 0 Å². The second kappa shape index (κ2) is 9.84. The van der Waals surface area contributed by atoms with Crippen molar-refractivity contribution in [3.8, 4) is 0 Å². The number of fused-ring (bicyclic) bond motifs is 1. The summed E-state index contributed by atoms with van der Waals surface area (Å²) >= 11 is 1.38. The minimum atomic E-state index is -3.60.